The minimum absolute atomic E-state index is 0.937. The van der Waals surface area contributed by atoms with Gasteiger partial charge in [-0.1, -0.05) is 18.2 Å². The van der Waals surface area contributed by atoms with Gasteiger partial charge in [0.15, 0.2) is 0 Å². The van der Waals surface area contributed by atoms with Crippen molar-refractivity contribution in [2.75, 3.05) is 0 Å². The zero-order valence-electron chi connectivity index (χ0n) is 6.79. The highest BCUT2D eigenvalue weighted by Crippen LogP contribution is 2.19. The van der Waals surface area contributed by atoms with Crippen molar-refractivity contribution in [3.63, 3.8) is 0 Å². The lowest BCUT2D eigenvalue weighted by atomic mass is 10.3. The average Bonchev–Trinajstić information content (AvgIpc) is 2.44. The first kappa shape index (κ1) is 8.04. The average molecular weight is 272 g/mol. The van der Waals surface area contributed by atoms with Crippen molar-refractivity contribution in [1.29, 1.82) is 0 Å². The zero-order chi connectivity index (χ0) is 8.55. The van der Waals surface area contributed by atoms with Gasteiger partial charge in [-0.3, -0.25) is 4.68 Å². The number of rotatable bonds is 1. The van der Waals surface area contributed by atoms with Gasteiger partial charge in [-0.05, 0) is 35.6 Å². The van der Waals surface area contributed by atoms with E-state index >= 15 is 0 Å². The first-order chi connectivity index (χ1) is 5.83. The van der Waals surface area contributed by atoms with E-state index < -0.39 is 0 Å². The second-order valence-corrected chi connectivity index (χ2v) is 3.65. The molecule has 0 aliphatic heterocycles. The molecule has 2 aromatic rings. The SMILES string of the molecule is CCn1nc2ccccc2c1I. The van der Waals surface area contributed by atoms with Gasteiger partial charge in [-0.15, -0.1) is 0 Å². The molecule has 62 valence electrons. The zero-order valence-corrected chi connectivity index (χ0v) is 8.95. The van der Waals surface area contributed by atoms with Gasteiger partial charge >= 0.3 is 0 Å². The Labute approximate surface area is 84.7 Å². The smallest absolute Gasteiger partial charge is 0.107 e. The lowest BCUT2D eigenvalue weighted by molar-refractivity contribution is 0.652. The van der Waals surface area contributed by atoms with Gasteiger partial charge in [-0.2, -0.15) is 5.10 Å². The van der Waals surface area contributed by atoms with E-state index in [0.717, 1.165) is 12.1 Å². The topological polar surface area (TPSA) is 17.8 Å². The van der Waals surface area contributed by atoms with Crippen LogP contribution in [-0.4, -0.2) is 9.78 Å². The van der Waals surface area contributed by atoms with E-state index in [1.165, 1.54) is 9.09 Å². The third-order valence-corrected chi connectivity index (χ3v) is 3.02. The van der Waals surface area contributed by atoms with Crippen molar-refractivity contribution in [3.8, 4) is 0 Å². The predicted octanol–water partition coefficient (Wildman–Crippen LogP) is 2.66. The summed E-state index contributed by atoms with van der Waals surface area (Å²) in [6, 6.07) is 8.22. The third-order valence-electron chi connectivity index (χ3n) is 1.88. The molecule has 12 heavy (non-hydrogen) atoms. The minimum atomic E-state index is 0.937. The number of aromatic nitrogens is 2. The van der Waals surface area contributed by atoms with Crippen molar-refractivity contribution < 1.29 is 0 Å². The van der Waals surface area contributed by atoms with Gasteiger partial charge < -0.3 is 0 Å². The third kappa shape index (κ3) is 1.12. The lowest BCUT2D eigenvalue weighted by Gasteiger charge is -1.94. The molecule has 0 unspecified atom stereocenters. The van der Waals surface area contributed by atoms with Crippen molar-refractivity contribution in [2.24, 2.45) is 0 Å². The fourth-order valence-corrected chi connectivity index (χ4v) is 2.16. The van der Waals surface area contributed by atoms with Gasteiger partial charge in [0.2, 0.25) is 0 Å². The normalized spacial score (nSPS) is 10.8. The molecular formula is C9H9IN2. The molecule has 0 saturated carbocycles. The van der Waals surface area contributed by atoms with Crippen LogP contribution in [0, 0.1) is 3.70 Å². The van der Waals surface area contributed by atoms with Gasteiger partial charge in [0, 0.05) is 11.9 Å². The standard InChI is InChI=1S/C9H9IN2/c1-2-12-9(10)7-5-3-4-6-8(7)11-12/h3-6H,2H2,1H3. The van der Waals surface area contributed by atoms with E-state index in [9.17, 15) is 0 Å². The number of fused-ring (bicyclic) bond motifs is 1. The van der Waals surface area contributed by atoms with Crippen LogP contribution >= 0.6 is 22.6 Å². The van der Waals surface area contributed by atoms with Gasteiger partial charge in [0.25, 0.3) is 0 Å². The van der Waals surface area contributed by atoms with Crippen LogP contribution in [0.15, 0.2) is 24.3 Å². The molecule has 0 bridgehead atoms. The molecule has 2 nitrogen and oxygen atoms in total. The summed E-state index contributed by atoms with van der Waals surface area (Å²) in [6.07, 6.45) is 0. The Morgan fingerprint density at radius 1 is 1.42 bits per heavy atom. The molecule has 0 N–H and O–H groups in total. The Morgan fingerprint density at radius 3 is 2.83 bits per heavy atom. The number of hydrogen-bond donors (Lipinski definition) is 0. The lowest BCUT2D eigenvalue weighted by Crippen LogP contribution is -1.97. The fourth-order valence-electron chi connectivity index (χ4n) is 1.26. The quantitative estimate of drug-likeness (QED) is 0.730. The van der Waals surface area contributed by atoms with Crippen LogP contribution < -0.4 is 0 Å². The molecule has 0 aliphatic rings. The maximum atomic E-state index is 4.44. The van der Waals surface area contributed by atoms with Crippen LogP contribution in [0.25, 0.3) is 10.9 Å². The summed E-state index contributed by atoms with van der Waals surface area (Å²) in [7, 11) is 0. The minimum Gasteiger partial charge on any atom is -0.258 e. The summed E-state index contributed by atoms with van der Waals surface area (Å²) in [5.41, 5.74) is 1.09. The van der Waals surface area contributed by atoms with Gasteiger partial charge in [0.1, 0.15) is 3.70 Å². The largest absolute Gasteiger partial charge is 0.258 e. The van der Waals surface area contributed by atoms with Crippen molar-refractivity contribution in [2.45, 2.75) is 13.5 Å². The summed E-state index contributed by atoms with van der Waals surface area (Å²) >= 11 is 2.33. The van der Waals surface area contributed by atoms with E-state index in [1.54, 1.807) is 0 Å². The number of halogens is 1. The maximum absolute atomic E-state index is 4.44. The van der Waals surface area contributed by atoms with Crippen LogP contribution in [0.3, 0.4) is 0 Å². The van der Waals surface area contributed by atoms with Crippen LogP contribution in [0.1, 0.15) is 6.92 Å². The number of hydrogen-bond acceptors (Lipinski definition) is 1. The highest BCUT2D eigenvalue weighted by Gasteiger charge is 2.04. The molecule has 0 spiro atoms. The molecular weight excluding hydrogens is 263 g/mol. The second-order valence-electron chi connectivity index (χ2n) is 2.62. The Bertz CT molecular complexity index is 406. The van der Waals surface area contributed by atoms with Gasteiger partial charge in [-0.25, -0.2) is 0 Å². The highest BCUT2D eigenvalue weighted by atomic mass is 127. The molecule has 1 aromatic heterocycles. The first-order valence-corrected chi connectivity index (χ1v) is 5.02. The van der Waals surface area contributed by atoms with Gasteiger partial charge in [0.05, 0.1) is 5.52 Å². The van der Waals surface area contributed by atoms with Crippen molar-refractivity contribution >= 4 is 33.5 Å². The summed E-state index contributed by atoms with van der Waals surface area (Å²) in [4.78, 5) is 0. The Hall–Kier alpha value is -0.580. The number of nitrogens with zero attached hydrogens (tertiary/aromatic N) is 2. The summed E-state index contributed by atoms with van der Waals surface area (Å²) < 4.78 is 3.25. The van der Waals surface area contributed by atoms with E-state index in [2.05, 4.69) is 40.7 Å². The summed E-state index contributed by atoms with van der Waals surface area (Å²) in [5.74, 6) is 0. The number of aryl methyl sites for hydroxylation is 1. The monoisotopic (exact) mass is 272 g/mol. The molecule has 3 heteroatoms. The van der Waals surface area contributed by atoms with Crippen LogP contribution in [0.2, 0.25) is 0 Å². The van der Waals surface area contributed by atoms with Crippen LogP contribution in [0.5, 0.6) is 0 Å². The Kier molecular flexibility index (Phi) is 2.04. The molecule has 0 aliphatic carbocycles. The van der Waals surface area contributed by atoms with Crippen molar-refractivity contribution in [1.82, 2.24) is 9.78 Å². The fraction of sp³-hybridized carbons (Fsp3) is 0.222. The number of benzene rings is 1. The van der Waals surface area contributed by atoms with Crippen LogP contribution in [0.4, 0.5) is 0 Å². The van der Waals surface area contributed by atoms with E-state index in [1.807, 2.05) is 22.9 Å². The molecule has 2 rings (SSSR count). The summed E-state index contributed by atoms with van der Waals surface area (Å²) in [5, 5.41) is 5.69. The second kappa shape index (κ2) is 3.05. The van der Waals surface area contributed by atoms with Crippen molar-refractivity contribution in [3.05, 3.63) is 28.0 Å². The molecule has 0 radical (unpaired) electrons. The molecule has 0 saturated heterocycles. The molecule has 0 fully saturated rings. The van der Waals surface area contributed by atoms with Crippen LogP contribution in [-0.2, 0) is 6.54 Å². The molecule has 1 aromatic carbocycles. The molecule has 0 atom stereocenters. The Morgan fingerprint density at radius 2 is 2.17 bits per heavy atom. The van der Waals surface area contributed by atoms with E-state index in [-0.39, 0.29) is 0 Å². The first-order valence-electron chi connectivity index (χ1n) is 3.94. The predicted molar refractivity (Wildman–Crippen MR) is 58.1 cm³/mol. The Balaban J connectivity index is 2.78. The molecule has 0 amide bonds. The van der Waals surface area contributed by atoms with E-state index in [0.29, 0.717) is 0 Å². The summed E-state index contributed by atoms with van der Waals surface area (Å²) in [6.45, 7) is 3.04. The molecule has 1 heterocycles. The highest BCUT2D eigenvalue weighted by molar-refractivity contribution is 14.1. The maximum Gasteiger partial charge on any atom is 0.107 e. The van der Waals surface area contributed by atoms with E-state index in [4.69, 9.17) is 0 Å².